The minimum atomic E-state index is -3.38. The van der Waals surface area contributed by atoms with E-state index in [4.69, 9.17) is 0 Å². The average Bonchev–Trinajstić information content (AvgIpc) is 2.92. The molecule has 0 bridgehead atoms. The third-order valence-electron chi connectivity index (χ3n) is 3.24. The molecule has 0 saturated heterocycles. The van der Waals surface area contributed by atoms with Gasteiger partial charge < -0.3 is 15.3 Å². The van der Waals surface area contributed by atoms with E-state index in [-0.39, 0.29) is 15.8 Å². The first-order chi connectivity index (χ1) is 10.9. The highest BCUT2D eigenvalue weighted by Crippen LogP contribution is 2.18. The molecule has 0 aliphatic heterocycles. The highest BCUT2D eigenvalue weighted by atomic mass is 32.2. The summed E-state index contributed by atoms with van der Waals surface area (Å²) in [6.07, 6.45) is 3.69. The fraction of sp³-hybridized carbons (Fsp3) is 0.0714. The first kappa shape index (κ1) is 15.0. The van der Waals surface area contributed by atoms with E-state index in [0.717, 1.165) is 6.26 Å². The Morgan fingerprint density at radius 2 is 2.04 bits per heavy atom. The van der Waals surface area contributed by atoms with Crippen LogP contribution in [0.4, 0.5) is 5.69 Å². The summed E-state index contributed by atoms with van der Waals surface area (Å²) in [4.78, 5) is 33.3. The van der Waals surface area contributed by atoms with Gasteiger partial charge in [0.2, 0.25) is 0 Å². The van der Waals surface area contributed by atoms with Gasteiger partial charge in [-0.05, 0) is 18.2 Å². The van der Waals surface area contributed by atoms with Gasteiger partial charge in [-0.2, -0.15) is 0 Å². The quantitative estimate of drug-likeness (QED) is 0.657. The van der Waals surface area contributed by atoms with Gasteiger partial charge in [0.1, 0.15) is 5.65 Å². The van der Waals surface area contributed by atoms with Crippen molar-refractivity contribution in [1.29, 1.82) is 0 Å². The zero-order valence-corrected chi connectivity index (χ0v) is 12.8. The van der Waals surface area contributed by atoms with Gasteiger partial charge in [-0.25, -0.2) is 13.4 Å². The van der Waals surface area contributed by atoms with Crippen LogP contribution in [0.2, 0.25) is 0 Å². The summed E-state index contributed by atoms with van der Waals surface area (Å²) in [5, 5.41) is 2.72. The molecule has 3 aromatic rings. The molecule has 8 nitrogen and oxygen atoms in total. The minimum Gasteiger partial charge on any atom is -0.345 e. The second kappa shape index (κ2) is 5.36. The molecular formula is C14H12N4O4S. The largest absolute Gasteiger partial charge is 0.345 e. The maximum absolute atomic E-state index is 12.3. The number of rotatable bonds is 3. The van der Waals surface area contributed by atoms with E-state index in [1.807, 2.05) is 0 Å². The summed E-state index contributed by atoms with van der Waals surface area (Å²) in [7, 11) is -3.38. The van der Waals surface area contributed by atoms with Crippen molar-refractivity contribution in [1.82, 2.24) is 15.0 Å². The third kappa shape index (κ3) is 2.86. The first-order valence-corrected chi connectivity index (χ1v) is 8.41. The van der Waals surface area contributed by atoms with Crippen molar-refractivity contribution in [2.45, 2.75) is 4.90 Å². The van der Waals surface area contributed by atoms with Crippen LogP contribution in [0.3, 0.4) is 0 Å². The Hall–Kier alpha value is -2.94. The monoisotopic (exact) mass is 332 g/mol. The molecule has 0 unspecified atom stereocenters. The van der Waals surface area contributed by atoms with Gasteiger partial charge in [0.15, 0.2) is 9.84 Å². The van der Waals surface area contributed by atoms with Crippen molar-refractivity contribution < 1.29 is 13.2 Å². The number of carbonyl (C=O) groups excluding carboxylic acids is 1. The number of benzene rings is 1. The summed E-state index contributed by atoms with van der Waals surface area (Å²) in [6.45, 7) is 0. The van der Waals surface area contributed by atoms with E-state index in [1.165, 1.54) is 30.7 Å². The molecule has 23 heavy (non-hydrogen) atoms. The maximum atomic E-state index is 12.3. The predicted molar refractivity (Wildman–Crippen MR) is 84.2 cm³/mol. The van der Waals surface area contributed by atoms with Crippen LogP contribution in [0.1, 0.15) is 10.4 Å². The molecular weight excluding hydrogens is 320 g/mol. The summed E-state index contributed by atoms with van der Waals surface area (Å²) in [5.74, 6) is -0.541. The van der Waals surface area contributed by atoms with E-state index in [9.17, 15) is 18.0 Å². The molecule has 118 valence electrons. The average molecular weight is 332 g/mol. The lowest BCUT2D eigenvalue weighted by molar-refractivity contribution is 0.102. The summed E-state index contributed by atoms with van der Waals surface area (Å²) < 4.78 is 23.1. The van der Waals surface area contributed by atoms with Gasteiger partial charge in [0.05, 0.1) is 22.2 Å². The number of nitrogens with zero attached hydrogens (tertiary/aromatic N) is 1. The van der Waals surface area contributed by atoms with Crippen molar-refractivity contribution in [3.8, 4) is 0 Å². The highest BCUT2D eigenvalue weighted by Gasteiger charge is 2.16. The molecule has 1 amide bonds. The Morgan fingerprint density at radius 1 is 1.26 bits per heavy atom. The van der Waals surface area contributed by atoms with Crippen molar-refractivity contribution >= 4 is 32.5 Å². The molecule has 0 aliphatic rings. The number of carbonyl (C=O) groups is 1. The molecule has 1 aromatic carbocycles. The molecule has 3 N–H and O–H groups in total. The fourth-order valence-corrected chi connectivity index (χ4v) is 2.82. The van der Waals surface area contributed by atoms with E-state index in [1.54, 1.807) is 6.07 Å². The van der Waals surface area contributed by atoms with Crippen LogP contribution < -0.4 is 10.9 Å². The fourth-order valence-electron chi connectivity index (χ4n) is 2.15. The Morgan fingerprint density at radius 3 is 2.78 bits per heavy atom. The highest BCUT2D eigenvalue weighted by molar-refractivity contribution is 7.90. The number of anilines is 1. The van der Waals surface area contributed by atoms with Crippen LogP contribution in [-0.4, -0.2) is 35.5 Å². The number of H-pyrrole nitrogens is 2. The molecule has 0 atom stereocenters. The van der Waals surface area contributed by atoms with Crippen molar-refractivity contribution in [2.75, 3.05) is 11.6 Å². The number of nitrogens with one attached hydrogen (secondary N) is 3. The lowest BCUT2D eigenvalue weighted by Gasteiger charge is -2.06. The zero-order chi connectivity index (χ0) is 16.6. The van der Waals surface area contributed by atoms with Crippen molar-refractivity contribution in [3.05, 3.63) is 52.7 Å². The van der Waals surface area contributed by atoms with Gasteiger partial charge in [-0.1, -0.05) is 6.07 Å². The second-order valence-electron chi connectivity index (χ2n) is 4.91. The van der Waals surface area contributed by atoms with Crippen LogP contribution in [-0.2, 0) is 9.84 Å². The smallest absolute Gasteiger partial charge is 0.261 e. The van der Waals surface area contributed by atoms with Gasteiger partial charge in [0, 0.05) is 18.1 Å². The van der Waals surface area contributed by atoms with Crippen LogP contribution in [0, 0.1) is 0 Å². The SMILES string of the molecule is CS(=O)(=O)c1cccc(NC(=O)c2c[nH]c3nc[nH]c(=O)c23)c1. The van der Waals surface area contributed by atoms with Crippen molar-refractivity contribution in [2.24, 2.45) is 0 Å². The molecule has 0 saturated carbocycles. The Bertz CT molecular complexity index is 1070. The van der Waals surface area contributed by atoms with Gasteiger partial charge in [0.25, 0.3) is 11.5 Å². The van der Waals surface area contributed by atoms with Gasteiger partial charge in [-0.15, -0.1) is 0 Å². The molecule has 3 rings (SSSR count). The lowest BCUT2D eigenvalue weighted by atomic mass is 10.2. The third-order valence-corrected chi connectivity index (χ3v) is 4.35. The molecule has 0 fully saturated rings. The van der Waals surface area contributed by atoms with E-state index >= 15 is 0 Å². The van der Waals surface area contributed by atoms with Crippen LogP contribution >= 0.6 is 0 Å². The summed E-state index contributed by atoms with van der Waals surface area (Å²) >= 11 is 0. The molecule has 0 spiro atoms. The first-order valence-electron chi connectivity index (χ1n) is 6.52. The van der Waals surface area contributed by atoms with E-state index in [0.29, 0.717) is 11.3 Å². The van der Waals surface area contributed by atoms with Gasteiger partial charge >= 0.3 is 0 Å². The number of sulfone groups is 1. The molecule has 0 radical (unpaired) electrons. The number of amides is 1. The number of hydrogen-bond donors (Lipinski definition) is 3. The molecule has 2 aromatic heterocycles. The van der Waals surface area contributed by atoms with Crippen LogP contribution in [0.25, 0.3) is 11.0 Å². The minimum absolute atomic E-state index is 0.0914. The number of hydrogen-bond acceptors (Lipinski definition) is 5. The normalized spacial score (nSPS) is 11.5. The van der Waals surface area contributed by atoms with E-state index in [2.05, 4.69) is 20.3 Å². The number of aromatic nitrogens is 3. The number of fused-ring (bicyclic) bond motifs is 1. The van der Waals surface area contributed by atoms with E-state index < -0.39 is 21.3 Å². The maximum Gasteiger partial charge on any atom is 0.261 e. The number of aromatic amines is 2. The van der Waals surface area contributed by atoms with Crippen LogP contribution in [0.15, 0.2) is 46.5 Å². The summed E-state index contributed by atoms with van der Waals surface area (Å²) in [5.41, 5.74) is 0.293. The zero-order valence-electron chi connectivity index (χ0n) is 12.0. The van der Waals surface area contributed by atoms with Crippen molar-refractivity contribution in [3.63, 3.8) is 0 Å². The Balaban J connectivity index is 1.97. The van der Waals surface area contributed by atoms with Gasteiger partial charge in [-0.3, -0.25) is 9.59 Å². The standard InChI is InChI=1S/C14H12N4O4S/c1-23(21,22)9-4-2-3-8(5-9)18-13(19)10-6-15-12-11(10)14(20)17-7-16-12/h2-7H,1H3,(H,18,19)(H2,15,16,17,20). The lowest BCUT2D eigenvalue weighted by Crippen LogP contribution is -2.15. The predicted octanol–water partition coefficient (Wildman–Crippen LogP) is 0.907. The van der Waals surface area contributed by atoms with Crippen LogP contribution in [0.5, 0.6) is 0 Å². The topological polar surface area (TPSA) is 125 Å². The molecule has 2 heterocycles. The molecule has 9 heteroatoms. The summed E-state index contributed by atoms with van der Waals surface area (Å²) in [6, 6.07) is 5.87. The second-order valence-corrected chi connectivity index (χ2v) is 6.93. The molecule has 0 aliphatic carbocycles. The Labute approximate surface area is 130 Å². The Kier molecular flexibility index (Phi) is 3.49.